The van der Waals surface area contributed by atoms with Crippen LogP contribution in [-0.4, -0.2) is 40.2 Å². The third-order valence-corrected chi connectivity index (χ3v) is 3.91. The average Bonchev–Trinajstić information content (AvgIpc) is 3.19. The van der Waals surface area contributed by atoms with Crippen LogP contribution in [0.3, 0.4) is 0 Å². The van der Waals surface area contributed by atoms with Crippen LogP contribution in [0, 0.1) is 0 Å². The first-order chi connectivity index (χ1) is 12.3. The second-order valence-corrected chi connectivity index (χ2v) is 7.41. The fourth-order valence-corrected chi connectivity index (χ4v) is 2.64. The Morgan fingerprint density at radius 1 is 1.19 bits per heavy atom. The van der Waals surface area contributed by atoms with Gasteiger partial charge in [-0.3, -0.25) is 10.1 Å². The van der Waals surface area contributed by atoms with E-state index in [1.807, 2.05) is 20.8 Å². The number of benzene rings is 1. The van der Waals surface area contributed by atoms with E-state index in [-0.39, 0.29) is 17.8 Å². The molecule has 0 spiro atoms. The van der Waals surface area contributed by atoms with Gasteiger partial charge in [-0.25, -0.2) is 4.79 Å². The highest BCUT2D eigenvalue weighted by atomic mass is 32.2. The van der Waals surface area contributed by atoms with E-state index in [1.165, 1.54) is 0 Å². The molecule has 1 aromatic heterocycles. The molecule has 0 saturated carbocycles. The molecule has 2 N–H and O–H groups in total. The number of imide groups is 1. The van der Waals surface area contributed by atoms with Crippen LogP contribution >= 0.6 is 11.8 Å². The van der Waals surface area contributed by atoms with Gasteiger partial charge in [0, 0.05) is 11.1 Å². The molecule has 0 atom stereocenters. The third kappa shape index (κ3) is 4.66. The van der Waals surface area contributed by atoms with Crippen LogP contribution in [-0.2, 0) is 4.79 Å². The van der Waals surface area contributed by atoms with Crippen LogP contribution in [0.25, 0.3) is 11.5 Å². The van der Waals surface area contributed by atoms with Crippen LogP contribution in [0.15, 0.2) is 27.8 Å². The Morgan fingerprint density at radius 2 is 1.96 bits per heavy atom. The fraction of sp³-hybridized carbons (Fsp3) is 0.375. The summed E-state index contributed by atoms with van der Waals surface area (Å²) in [4.78, 5) is 23.4. The van der Waals surface area contributed by atoms with Crippen molar-refractivity contribution < 1.29 is 23.5 Å². The standard InChI is InChI=1S/C16H18N4O5S/c1-16(2,3)18-14(22)17-12(21)7-26-15-20-19-13(25-15)9-4-5-10-11(6-9)24-8-23-10/h4-6H,7-8H2,1-3H3,(H2,17,18,21,22). The number of nitrogens with zero attached hydrogens (tertiary/aromatic N) is 2. The Hall–Kier alpha value is -2.75. The number of hydrogen-bond acceptors (Lipinski definition) is 8. The van der Waals surface area contributed by atoms with E-state index in [9.17, 15) is 9.59 Å². The zero-order chi connectivity index (χ0) is 18.7. The van der Waals surface area contributed by atoms with Crippen molar-refractivity contribution in [3.63, 3.8) is 0 Å². The predicted molar refractivity (Wildman–Crippen MR) is 93.0 cm³/mol. The van der Waals surface area contributed by atoms with Crippen LogP contribution in [0.5, 0.6) is 11.5 Å². The summed E-state index contributed by atoms with van der Waals surface area (Å²) in [6.07, 6.45) is 0. The van der Waals surface area contributed by atoms with Gasteiger partial charge >= 0.3 is 6.03 Å². The zero-order valence-electron chi connectivity index (χ0n) is 14.5. The Balaban J connectivity index is 1.54. The highest BCUT2D eigenvalue weighted by Gasteiger charge is 2.18. The number of rotatable bonds is 4. The van der Waals surface area contributed by atoms with E-state index in [2.05, 4.69) is 20.8 Å². The SMILES string of the molecule is CC(C)(C)NC(=O)NC(=O)CSc1nnc(-c2ccc3c(c2)OCO3)o1. The maximum absolute atomic E-state index is 11.8. The van der Waals surface area contributed by atoms with Gasteiger partial charge < -0.3 is 19.2 Å². The van der Waals surface area contributed by atoms with Gasteiger partial charge in [0.25, 0.3) is 5.22 Å². The second-order valence-electron chi connectivity index (χ2n) is 6.48. The molecule has 0 radical (unpaired) electrons. The van der Waals surface area contributed by atoms with Crippen molar-refractivity contribution in [2.24, 2.45) is 0 Å². The van der Waals surface area contributed by atoms with Gasteiger partial charge in [0.1, 0.15) is 0 Å². The fourth-order valence-electron chi connectivity index (χ4n) is 2.08. The molecule has 0 bridgehead atoms. The molecule has 0 fully saturated rings. The number of carbonyl (C=O) groups is 2. The third-order valence-electron chi connectivity index (χ3n) is 3.09. The number of nitrogens with one attached hydrogen (secondary N) is 2. The molecular formula is C16H18N4O5S. The normalized spacial score (nSPS) is 12.7. The summed E-state index contributed by atoms with van der Waals surface area (Å²) in [6.45, 7) is 5.65. The molecule has 0 aliphatic carbocycles. The molecule has 9 nitrogen and oxygen atoms in total. The van der Waals surface area contributed by atoms with E-state index in [4.69, 9.17) is 13.9 Å². The monoisotopic (exact) mass is 378 g/mol. The molecule has 1 aliphatic rings. The van der Waals surface area contributed by atoms with Gasteiger partial charge in [-0.1, -0.05) is 11.8 Å². The molecule has 1 aromatic carbocycles. The number of fused-ring (bicyclic) bond motifs is 1. The van der Waals surface area contributed by atoms with E-state index in [0.717, 1.165) is 11.8 Å². The predicted octanol–water partition coefficient (Wildman–Crippen LogP) is 2.18. The van der Waals surface area contributed by atoms with Crippen molar-refractivity contribution in [3.8, 4) is 23.0 Å². The molecular weight excluding hydrogens is 360 g/mol. The number of amides is 3. The van der Waals surface area contributed by atoms with Gasteiger partial charge in [0.15, 0.2) is 11.5 Å². The number of hydrogen-bond donors (Lipinski definition) is 2. The van der Waals surface area contributed by atoms with Gasteiger partial charge in [0.2, 0.25) is 18.6 Å². The molecule has 3 rings (SSSR count). The topological polar surface area (TPSA) is 116 Å². The largest absolute Gasteiger partial charge is 0.454 e. The van der Waals surface area contributed by atoms with E-state index >= 15 is 0 Å². The minimum atomic E-state index is -0.547. The first-order valence-corrected chi connectivity index (χ1v) is 8.77. The lowest BCUT2D eigenvalue weighted by Gasteiger charge is -2.20. The first-order valence-electron chi connectivity index (χ1n) is 7.78. The summed E-state index contributed by atoms with van der Waals surface area (Å²) in [5, 5.41) is 13.0. The Kier molecular flexibility index (Phi) is 5.03. The lowest BCUT2D eigenvalue weighted by atomic mass is 10.1. The number of aromatic nitrogens is 2. The maximum atomic E-state index is 11.8. The first kappa shape index (κ1) is 18.1. The molecule has 2 aromatic rings. The van der Waals surface area contributed by atoms with E-state index in [1.54, 1.807) is 18.2 Å². The van der Waals surface area contributed by atoms with Crippen molar-refractivity contribution in [2.45, 2.75) is 31.5 Å². The Morgan fingerprint density at radius 3 is 2.73 bits per heavy atom. The summed E-state index contributed by atoms with van der Waals surface area (Å²) >= 11 is 1.04. The molecule has 26 heavy (non-hydrogen) atoms. The summed E-state index contributed by atoms with van der Waals surface area (Å²) in [6, 6.07) is 4.73. The molecule has 3 amide bonds. The molecule has 2 heterocycles. The van der Waals surface area contributed by atoms with Gasteiger partial charge in [-0.15, -0.1) is 10.2 Å². The lowest BCUT2D eigenvalue weighted by molar-refractivity contribution is -0.117. The average molecular weight is 378 g/mol. The number of ether oxygens (including phenoxy) is 2. The van der Waals surface area contributed by atoms with E-state index < -0.39 is 17.5 Å². The molecule has 0 unspecified atom stereocenters. The number of urea groups is 1. The van der Waals surface area contributed by atoms with Crippen molar-refractivity contribution in [1.82, 2.24) is 20.8 Å². The van der Waals surface area contributed by atoms with Crippen LogP contribution in [0.2, 0.25) is 0 Å². The quantitative estimate of drug-likeness (QED) is 0.778. The Labute approximate surface area is 153 Å². The molecule has 10 heteroatoms. The maximum Gasteiger partial charge on any atom is 0.321 e. The number of carbonyl (C=O) groups excluding carboxylic acids is 2. The van der Waals surface area contributed by atoms with Crippen molar-refractivity contribution in [2.75, 3.05) is 12.5 Å². The van der Waals surface area contributed by atoms with Gasteiger partial charge in [0.05, 0.1) is 5.75 Å². The van der Waals surface area contributed by atoms with Crippen LogP contribution in [0.1, 0.15) is 20.8 Å². The summed E-state index contributed by atoms with van der Waals surface area (Å²) in [5.74, 6) is 1.09. The van der Waals surface area contributed by atoms with Crippen molar-refractivity contribution in [1.29, 1.82) is 0 Å². The summed E-state index contributed by atoms with van der Waals surface area (Å²) in [5.41, 5.74) is 0.256. The lowest BCUT2D eigenvalue weighted by Crippen LogP contribution is -2.48. The molecule has 0 saturated heterocycles. The minimum absolute atomic E-state index is 0.0274. The van der Waals surface area contributed by atoms with Gasteiger partial charge in [-0.05, 0) is 39.0 Å². The van der Waals surface area contributed by atoms with Crippen LogP contribution in [0.4, 0.5) is 4.79 Å². The molecule has 1 aliphatic heterocycles. The highest BCUT2D eigenvalue weighted by molar-refractivity contribution is 7.99. The van der Waals surface area contributed by atoms with Gasteiger partial charge in [-0.2, -0.15) is 0 Å². The zero-order valence-corrected chi connectivity index (χ0v) is 15.3. The van der Waals surface area contributed by atoms with Crippen molar-refractivity contribution in [3.05, 3.63) is 18.2 Å². The summed E-state index contributed by atoms with van der Waals surface area (Å²) < 4.78 is 16.1. The van der Waals surface area contributed by atoms with Crippen molar-refractivity contribution >= 4 is 23.7 Å². The Bertz CT molecular complexity index is 830. The van der Waals surface area contributed by atoms with Crippen LogP contribution < -0.4 is 20.1 Å². The second kappa shape index (κ2) is 7.24. The molecule has 138 valence electrons. The highest BCUT2D eigenvalue weighted by Crippen LogP contribution is 2.35. The smallest absolute Gasteiger partial charge is 0.321 e. The minimum Gasteiger partial charge on any atom is -0.454 e. The summed E-state index contributed by atoms with van der Waals surface area (Å²) in [7, 11) is 0. The number of thioether (sulfide) groups is 1. The van der Waals surface area contributed by atoms with E-state index in [0.29, 0.717) is 23.0 Å².